The predicted octanol–water partition coefficient (Wildman–Crippen LogP) is 1.78. The molecule has 0 saturated heterocycles. The first-order chi connectivity index (χ1) is 10.7. The summed E-state index contributed by atoms with van der Waals surface area (Å²) in [6.45, 7) is 1.24. The number of nitrogens with zero attached hydrogens (tertiary/aromatic N) is 2. The largest absolute Gasteiger partial charge is 0.493 e. The van der Waals surface area contributed by atoms with Crippen LogP contribution >= 0.6 is 0 Å². The van der Waals surface area contributed by atoms with Crippen molar-refractivity contribution in [3.05, 3.63) is 47.8 Å². The summed E-state index contributed by atoms with van der Waals surface area (Å²) >= 11 is 0. The molecule has 2 aliphatic rings. The molecule has 4 rings (SSSR count). The molecule has 2 aromatic rings. The fraction of sp³-hybridized carbons (Fsp3) is 0.412. The van der Waals surface area contributed by atoms with Crippen molar-refractivity contribution in [2.45, 2.75) is 24.8 Å². The Bertz CT molecular complexity index is 724. The molecule has 1 amide bonds. The van der Waals surface area contributed by atoms with Crippen LogP contribution in [-0.4, -0.2) is 22.3 Å². The van der Waals surface area contributed by atoms with Gasteiger partial charge in [-0.3, -0.25) is 9.48 Å². The van der Waals surface area contributed by atoms with Crippen LogP contribution in [0.4, 0.5) is 0 Å². The van der Waals surface area contributed by atoms with E-state index in [0.29, 0.717) is 13.2 Å². The number of fused-ring (bicyclic) bond motifs is 2. The Balaban J connectivity index is 1.46. The summed E-state index contributed by atoms with van der Waals surface area (Å²) in [5, 5.41) is 7.16. The third-order valence-corrected chi connectivity index (χ3v) is 4.85. The van der Waals surface area contributed by atoms with Gasteiger partial charge in [-0.2, -0.15) is 5.10 Å². The van der Waals surface area contributed by atoms with Gasteiger partial charge in [-0.25, -0.2) is 0 Å². The third kappa shape index (κ3) is 2.08. The number of carbonyl (C=O) groups is 1. The first-order valence-corrected chi connectivity index (χ1v) is 7.67. The second kappa shape index (κ2) is 4.87. The molecule has 0 radical (unpaired) electrons. The molecule has 22 heavy (non-hydrogen) atoms. The summed E-state index contributed by atoms with van der Waals surface area (Å²) in [5.74, 6) is 1.14. The van der Waals surface area contributed by atoms with E-state index in [0.717, 1.165) is 24.2 Å². The Morgan fingerprint density at radius 2 is 2.36 bits per heavy atom. The predicted molar refractivity (Wildman–Crippen MR) is 81.4 cm³/mol. The van der Waals surface area contributed by atoms with Crippen LogP contribution in [0, 0.1) is 5.92 Å². The summed E-state index contributed by atoms with van der Waals surface area (Å²) in [5.41, 5.74) is 2.22. The molecular formula is C17H19N3O2. The standard InChI is InChI=1S/C17H19N3O2/c1-20-11-12(10-19-20)9-18-16(21)14-8-17(14)6-7-22-15-5-3-2-4-13(15)17/h2-5,10-11,14H,6-9H2,1H3,(H,18,21). The molecule has 2 atom stereocenters. The van der Waals surface area contributed by atoms with Crippen molar-refractivity contribution < 1.29 is 9.53 Å². The van der Waals surface area contributed by atoms with Crippen molar-refractivity contribution in [1.82, 2.24) is 15.1 Å². The summed E-state index contributed by atoms with van der Waals surface area (Å²) in [6, 6.07) is 8.11. The molecule has 1 aliphatic carbocycles. The Kier molecular flexibility index (Phi) is 2.96. The lowest BCUT2D eigenvalue weighted by Gasteiger charge is -2.26. The number of nitrogens with one attached hydrogen (secondary N) is 1. The van der Waals surface area contributed by atoms with Gasteiger partial charge in [0, 0.05) is 42.2 Å². The van der Waals surface area contributed by atoms with E-state index < -0.39 is 0 Å². The Morgan fingerprint density at radius 1 is 1.50 bits per heavy atom. The van der Waals surface area contributed by atoms with E-state index in [1.54, 1.807) is 10.9 Å². The number of rotatable bonds is 3. The van der Waals surface area contributed by atoms with Crippen LogP contribution in [0.15, 0.2) is 36.7 Å². The summed E-state index contributed by atoms with van der Waals surface area (Å²) in [6.07, 6.45) is 5.56. The zero-order chi connectivity index (χ0) is 15.2. The average Bonchev–Trinajstić information content (AvgIpc) is 3.09. The maximum absolute atomic E-state index is 12.5. The minimum absolute atomic E-state index is 0.00609. The van der Waals surface area contributed by atoms with Gasteiger partial charge >= 0.3 is 0 Å². The van der Waals surface area contributed by atoms with Crippen molar-refractivity contribution in [3.63, 3.8) is 0 Å². The van der Waals surface area contributed by atoms with Crippen molar-refractivity contribution in [2.24, 2.45) is 13.0 Å². The molecule has 0 bridgehead atoms. The highest BCUT2D eigenvalue weighted by Crippen LogP contribution is 2.60. The van der Waals surface area contributed by atoms with Gasteiger partial charge in [0.1, 0.15) is 5.75 Å². The van der Waals surface area contributed by atoms with E-state index in [2.05, 4.69) is 16.5 Å². The van der Waals surface area contributed by atoms with E-state index in [-0.39, 0.29) is 17.2 Å². The van der Waals surface area contributed by atoms with Crippen LogP contribution in [0.25, 0.3) is 0 Å². The lowest BCUT2D eigenvalue weighted by molar-refractivity contribution is -0.123. The van der Waals surface area contributed by atoms with Gasteiger partial charge in [-0.1, -0.05) is 18.2 Å². The van der Waals surface area contributed by atoms with E-state index >= 15 is 0 Å². The van der Waals surface area contributed by atoms with Gasteiger partial charge in [-0.15, -0.1) is 0 Å². The molecule has 1 spiro atoms. The molecule has 2 unspecified atom stereocenters. The minimum Gasteiger partial charge on any atom is -0.493 e. The monoisotopic (exact) mass is 297 g/mol. The molecule has 5 heteroatoms. The third-order valence-electron chi connectivity index (χ3n) is 4.85. The fourth-order valence-electron chi connectivity index (χ4n) is 3.58. The average molecular weight is 297 g/mol. The van der Waals surface area contributed by atoms with Gasteiger partial charge in [0.25, 0.3) is 0 Å². The normalized spacial score (nSPS) is 25.4. The number of amides is 1. The lowest BCUT2D eigenvalue weighted by atomic mass is 9.87. The molecule has 1 aromatic heterocycles. The Labute approximate surface area is 129 Å². The first-order valence-electron chi connectivity index (χ1n) is 7.67. The van der Waals surface area contributed by atoms with Gasteiger partial charge in [0.05, 0.1) is 12.8 Å². The second-order valence-electron chi connectivity index (χ2n) is 6.25. The molecule has 114 valence electrons. The summed E-state index contributed by atoms with van der Waals surface area (Å²) in [7, 11) is 1.88. The Hall–Kier alpha value is -2.30. The Morgan fingerprint density at radius 3 is 3.18 bits per heavy atom. The summed E-state index contributed by atoms with van der Waals surface area (Å²) < 4.78 is 7.46. The van der Waals surface area contributed by atoms with E-state index in [4.69, 9.17) is 4.74 Å². The highest BCUT2D eigenvalue weighted by Gasteiger charge is 2.60. The molecule has 1 aliphatic heterocycles. The maximum atomic E-state index is 12.5. The van der Waals surface area contributed by atoms with Crippen LogP contribution in [0.2, 0.25) is 0 Å². The van der Waals surface area contributed by atoms with Crippen LogP contribution in [-0.2, 0) is 23.8 Å². The number of benzene rings is 1. The van der Waals surface area contributed by atoms with Gasteiger partial charge < -0.3 is 10.1 Å². The lowest BCUT2D eigenvalue weighted by Crippen LogP contribution is -2.30. The number of aryl methyl sites for hydroxylation is 1. The topological polar surface area (TPSA) is 56.2 Å². The molecule has 1 aromatic carbocycles. The van der Waals surface area contributed by atoms with Gasteiger partial charge in [0.15, 0.2) is 0 Å². The maximum Gasteiger partial charge on any atom is 0.224 e. The summed E-state index contributed by atoms with van der Waals surface area (Å²) in [4.78, 5) is 12.5. The molecule has 5 nitrogen and oxygen atoms in total. The molecule has 1 saturated carbocycles. The number of para-hydroxylation sites is 1. The fourth-order valence-corrected chi connectivity index (χ4v) is 3.58. The molecule has 2 heterocycles. The SMILES string of the molecule is Cn1cc(CNC(=O)C2CC23CCOc2ccccc23)cn1. The number of hydrogen-bond acceptors (Lipinski definition) is 3. The highest BCUT2D eigenvalue weighted by molar-refractivity contribution is 5.84. The van der Waals surface area contributed by atoms with Crippen molar-refractivity contribution >= 4 is 5.91 Å². The van der Waals surface area contributed by atoms with Gasteiger partial charge in [-0.05, 0) is 18.9 Å². The van der Waals surface area contributed by atoms with E-state index in [1.165, 1.54) is 5.56 Å². The minimum atomic E-state index is -0.00609. The number of hydrogen-bond donors (Lipinski definition) is 1. The van der Waals surface area contributed by atoms with E-state index in [9.17, 15) is 4.79 Å². The van der Waals surface area contributed by atoms with Crippen molar-refractivity contribution in [1.29, 1.82) is 0 Å². The molecular weight excluding hydrogens is 278 g/mol. The number of carbonyl (C=O) groups excluding carboxylic acids is 1. The van der Waals surface area contributed by atoms with Crippen LogP contribution in [0.3, 0.4) is 0 Å². The molecule has 1 fully saturated rings. The number of ether oxygens (including phenoxy) is 1. The first kappa shape index (κ1) is 13.4. The quantitative estimate of drug-likeness (QED) is 0.939. The van der Waals surface area contributed by atoms with Crippen molar-refractivity contribution in [3.8, 4) is 5.75 Å². The van der Waals surface area contributed by atoms with E-state index in [1.807, 2.05) is 31.4 Å². The zero-order valence-corrected chi connectivity index (χ0v) is 12.6. The zero-order valence-electron chi connectivity index (χ0n) is 12.6. The smallest absolute Gasteiger partial charge is 0.224 e. The van der Waals surface area contributed by atoms with Crippen LogP contribution < -0.4 is 10.1 Å². The van der Waals surface area contributed by atoms with Crippen molar-refractivity contribution in [2.75, 3.05) is 6.61 Å². The van der Waals surface area contributed by atoms with Crippen LogP contribution in [0.5, 0.6) is 5.75 Å². The number of aromatic nitrogens is 2. The second-order valence-corrected chi connectivity index (χ2v) is 6.25. The van der Waals surface area contributed by atoms with Gasteiger partial charge in [0.2, 0.25) is 5.91 Å². The highest BCUT2D eigenvalue weighted by atomic mass is 16.5. The van der Waals surface area contributed by atoms with Crippen LogP contribution in [0.1, 0.15) is 24.0 Å². The molecule has 1 N–H and O–H groups in total.